The highest BCUT2D eigenvalue weighted by Gasteiger charge is 2.26. The van der Waals surface area contributed by atoms with Crippen LogP contribution in [0.4, 0.5) is 0 Å². The maximum absolute atomic E-state index is 12.5. The molecule has 0 heterocycles. The third kappa shape index (κ3) is 46.9. The van der Waals surface area contributed by atoms with Crippen molar-refractivity contribution in [2.24, 2.45) is 0 Å². The summed E-state index contributed by atoms with van der Waals surface area (Å²) < 4.78 is 0. The van der Waals surface area contributed by atoms with Gasteiger partial charge in [0.15, 0.2) is 0 Å². The molecular weight excluding hydrogens is 751 g/mol. The van der Waals surface area contributed by atoms with Gasteiger partial charge in [0, 0.05) is 6.42 Å². The second kappa shape index (κ2) is 51.7. The summed E-state index contributed by atoms with van der Waals surface area (Å²) in [6.07, 6.45) is 63.6. The lowest BCUT2D eigenvalue weighted by atomic mass is 9.99. The SMILES string of the molecule is CCCCCCCCCCCCCC/C=C\CCCCCCCCCC(=O)NC(CO)C(O)C(O)CCCCCCCCCCCCCCCCCCCCCCCCCC. The van der Waals surface area contributed by atoms with Crippen molar-refractivity contribution in [2.75, 3.05) is 6.61 Å². The molecule has 0 fully saturated rings. The van der Waals surface area contributed by atoms with Gasteiger partial charge in [-0.2, -0.15) is 0 Å². The molecule has 0 aromatic carbocycles. The number of unbranched alkanes of at least 4 members (excludes halogenated alkanes) is 42. The van der Waals surface area contributed by atoms with Gasteiger partial charge in [-0.1, -0.05) is 283 Å². The molecule has 0 saturated carbocycles. The first-order valence-electron chi connectivity index (χ1n) is 28.0. The molecule has 3 atom stereocenters. The fraction of sp³-hybridized carbons (Fsp3) is 0.946. The summed E-state index contributed by atoms with van der Waals surface area (Å²) in [7, 11) is 0. The Labute approximate surface area is 382 Å². The predicted octanol–water partition coefficient (Wildman–Crippen LogP) is 17.1. The minimum atomic E-state index is -1.14. The maximum atomic E-state index is 12.5. The van der Waals surface area contributed by atoms with Crippen molar-refractivity contribution in [3.63, 3.8) is 0 Å². The normalized spacial score (nSPS) is 13.3. The second-order valence-corrected chi connectivity index (χ2v) is 19.5. The first-order chi connectivity index (χ1) is 30.1. The van der Waals surface area contributed by atoms with Crippen LogP contribution < -0.4 is 5.32 Å². The van der Waals surface area contributed by atoms with Gasteiger partial charge >= 0.3 is 0 Å². The predicted molar refractivity (Wildman–Crippen MR) is 269 cm³/mol. The molecule has 0 aliphatic carbocycles. The van der Waals surface area contributed by atoms with Crippen LogP contribution in [0.1, 0.15) is 316 Å². The summed E-state index contributed by atoms with van der Waals surface area (Å²) in [5, 5.41) is 33.8. The number of carbonyl (C=O) groups is 1. The highest BCUT2D eigenvalue weighted by atomic mass is 16.3. The standard InChI is InChI=1S/C56H111NO4/c1-3-5-7-9-11-13-15-17-19-21-23-25-27-29-30-32-34-36-38-40-42-44-46-48-50-54(59)56(61)53(52-58)57-55(60)51-49-47-45-43-41-39-37-35-33-31-28-26-24-22-20-18-16-14-12-10-8-6-4-2/h31,33,53-54,56,58-59,61H,3-30,32,34-52H2,1-2H3,(H,57,60)/b33-31-. The molecule has 5 nitrogen and oxygen atoms in total. The number of rotatable bonds is 52. The zero-order valence-electron chi connectivity index (χ0n) is 41.6. The van der Waals surface area contributed by atoms with Gasteiger partial charge < -0.3 is 20.6 Å². The number of carbonyl (C=O) groups excluding carboxylic acids is 1. The van der Waals surface area contributed by atoms with Crippen LogP contribution in [0, 0.1) is 0 Å². The first-order valence-corrected chi connectivity index (χ1v) is 28.0. The molecule has 61 heavy (non-hydrogen) atoms. The number of hydrogen-bond donors (Lipinski definition) is 4. The Balaban J connectivity index is 3.53. The van der Waals surface area contributed by atoms with Crippen LogP contribution in [0.5, 0.6) is 0 Å². The number of amides is 1. The Bertz CT molecular complexity index is 864. The molecule has 1 amide bonds. The minimum absolute atomic E-state index is 0.143. The van der Waals surface area contributed by atoms with E-state index in [9.17, 15) is 20.1 Å². The van der Waals surface area contributed by atoms with Gasteiger partial charge in [-0.15, -0.1) is 0 Å². The number of allylic oxidation sites excluding steroid dienone is 2. The van der Waals surface area contributed by atoms with Gasteiger partial charge in [0.2, 0.25) is 5.91 Å². The Hall–Kier alpha value is -0.910. The van der Waals surface area contributed by atoms with Crippen molar-refractivity contribution in [3.05, 3.63) is 12.2 Å². The van der Waals surface area contributed by atoms with Crippen molar-refractivity contribution in [3.8, 4) is 0 Å². The number of aliphatic hydroxyl groups excluding tert-OH is 3. The summed E-state index contributed by atoms with van der Waals surface area (Å²) >= 11 is 0. The Kier molecular flexibility index (Phi) is 51.0. The Morgan fingerprint density at radius 3 is 0.951 bits per heavy atom. The van der Waals surface area contributed by atoms with Gasteiger partial charge in [0.25, 0.3) is 0 Å². The summed E-state index contributed by atoms with van der Waals surface area (Å²) in [5.74, 6) is -0.143. The number of hydrogen-bond acceptors (Lipinski definition) is 4. The van der Waals surface area contributed by atoms with E-state index < -0.39 is 18.2 Å². The van der Waals surface area contributed by atoms with Crippen molar-refractivity contribution in [2.45, 2.75) is 334 Å². The van der Waals surface area contributed by atoms with Gasteiger partial charge in [0.1, 0.15) is 6.10 Å². The van der Waals surface area contributed by atoms with Crippen LogP contribution in [0.25, 0.3) is 0 Å². The lowest BCUT2D eigenvalue weighted by Crippen LogP contribution is -2.50. The first kappa shape index (κ1) is 60.1. The fourth-order valence-corrected chi connectivity index (χ4v) is 9.04. The largest absolute Gasteiger partial charge is 0.394 e. The molecule has 0 aromatic rings. The van der Waals surface area contributed by atoms with Crippen LogP contribution in [0.15, 0.2) is 12.2 Å². The van der Waals surface area contributed by atoms with E-state index in [1.807, 2.05) is 0 Å². The average molecular weight is 863 g/mol. The van der Waals surface area contributed by atoms with E-state index in [0.29, 0.717) is 12.8 Å². The van der Waals surface area contributed by atoms with Gasteiger partial charge in [-0.05, 0) is 38.5 Å². The molecule has 0 radical (unpaired) electrons. The molecule has 0 aliphatic heterocycles. The van der Waals surface area contributed by atoms with Crippen molar-refractivity contribution < 1.29 is 20.1 Å². The van der Waals surface area contributed by atoms with E-state index >= 15 is 0 Å². The molecule has 0 bridgehead atoms. The number of nitrogens with one attached hydrogen (secondary N) is 1. The van der Waals surface area contributed by atoms with E-state index in [1.165, 1.54) is 257 Å². The topological polar surface area (TPSA) is 89.8 Å². The molecule has 0 saturated heterocycles. The van der Waals surface area contributed by atoms with E-state index in [2.05, 4.69) is 31.3 Å². The van der Waals surface area contributed by atoms with Gasteiger partial charge in [0.05, 0.1) is 18.8 Å². The monoisotopic (exact) mass is 862 g/mol. The van der Waals surface area contributed by atoms with E-state index in [1.54, 1.807) is 0 Å². The average Bonchev–Trinajstić information content (AvgIpc) is 3.26. The molecule has 364 valence electrons. The van der Waals surface area contributed by atoms with Crippen LogP contribution in [-0.2, 0) is 4.79 Å². The molecule has 3 unspecified atom stereocenters. The smallest absolute Gasteiger partial charge is 0.220 e. The van der Waals surface area contributed by atoms with Crippen molar-refractivity contribution >= 4 is 5.91 Å². The van der Waals surface area contributed by atoms with E-state index in [4.69, 9.17) is 0 Å². The molecular formula is C56H111NO4. The maximum Gasteiger partial charge on any atom is 0.220 e. The molecule has 0 aliphatic rings. The molecule has 5 heteroatoms. The zero-order valence-corrected chi connectivity index (χ0v) is 41.6. The molecule has 0 aromatic heterocycles. The summed E-state index contributed by atoms with van der Waals surface area (Å²) in [5.41, 5.74) is 0. The quantitative estimate of drug-likeness (QED) is 0.0362. The summed E-state index contributed by atoms with van der Waals surface area (Å²) in [4.78, 5) is 12.5. The molecule has 0 rings (SSSR count). The van der Waals surface area contributed by atoms with Crippen molar-refractivity contribution in [1.29, 1.82) is 0 Å². The van der Waals surface area contributed by atoms with Gasteiger partial charge in [-0.25, -0.2) is 0 Å². The lowest BCUT2D eigenvalue weighted by Gasteiger charge is -2.26. The number of aliphatic hydroxyl groups is 3. The van der Waals surface area contributed by atoms with Gasteiger partial charge in [-0.3, -0.25) is 4.79 Å². The third-order valence-corrected chi connectivity index (χ3v) is 13.4. The highest BCUT2D eigenvalue weighted by molar-refractivity contribution is 5.76. The van der Waals surface area contributed by atoms with E-state index in [-0.39, 0.29) is 12.5 Å². The Morgan fingerprint density at radius 2 is 0.656 bits per heavy atom. The molecule has 4 N–H and O–H groups in total. The van der Waals surface area contributed by atoms with Crippen LogP contribution in [-0.4, -0.2) is 46.1 Å². The second-order valence-electron chi connectivity index (χ2n) is 19.5. The summed E-state index contributed by atoms with van der Waals surface area (Å²) in [6.45, 7) is 4.22. The van der Waals surface area contributed by atoms with Crippen LogP contribution in [0.3, 0.4) is 0 Å². The van der Waals surface area contributed by atoms with E-state index in [0.717, 1.165) is 32.1 Å². The zero-order chi connectivity index (χ0) is 44.4. The van der Waals surface area contributed by atoms with Crippen LogP contribution in [0.2, 0.25) is 0 Å². The molecule has 0 spiro atoms. The van der Waals surface area contributed by atoms with Crippen molar-refractivity contribution in [1.82, 2.24) is 5.32 Å². The third-order valence-electron chi connectivity index (χ3n) is 13.4. The fourth-order valence-electron chi connectivity index (χ4n) is 9.04. The Morgan fingerprint density at radius 1 is 0.393 bits per heavy atom. The summed E-state index contributed by atoms with van der Waals surface area (Å²) in [6, 6.07) is -0.810. The highest BCUT2D eigenvalue weighted by Crippen LogP contribution is 2.18. The minimum Gasteiger partial charge on any atom is -0.394 e. The lowest BCUT2D eigenvalue weighted by molar-refractivity contribution is -0.124. The van der Waals surface area contributed by atoms with Crippen LogP contribution >= 0.6 is 0 Å².